The van der Waals surface area contributed by atoms with E-state index in [1.54, 1.807) is 36.8 Å². The predicted octanol–water partition coefficient (Wildman–Crippen LogP) is 2.61. The second-order valence-electron chi connectivity index (χ2n) is 2.84. The van der Waals surface area contributed by atoms with E-state index < -0.39 is 0 Å². The number of hydrogen-bond acceptors (Lipinski definition) is 4. The number of ether oxygens (including phenoxy) is 1. The fourth-order valence-electron chi connectivity index (χ4n) is 1.05. The SMILES string of the molecule is Nc1cc(Br)cnc1Oc1cccnc1. The maximum atomic E-state index is 5.73. The van der Waals surface area contributed by atoms with Crippen LogP contribution in [-0.4, -0.2) is 9.97 Å². The second kappa shape index (κ2) is 4.27. The van der Waals surface area contributed by atoms with Gasteiger partial charge < -0.3 is 10.5 Å². The zero-order chi connectivity index (χ0) is 10.7. The molecule has 5 heteroatoms. The van der Waals surface area contributed by atoms with E-state index in [2.05, 4.69) is 25.9 Å². The molecule has 0 bridgehead atoms. The topological polar surface area (TPSA) is 61.0 Å². The summed E-state index contributed by atoms with van der Waals surface area (Å²) in [6, 6.07) is 5.30. The van der Waals surface area contributed by atoms with Gasteiger partial charge in [-0.25, -0.2) is 4.98 Å². The summed E-state index contributed by atoms with van der Waals surface area (Å²) >= 11 is 3.27. The van der Waals surface area contributed by atoms with Gasteiger partial charge in [0.05, 0.1) is 11.9 Å². The molecule has 0 aliphatic heterocycles. The Balaban J connectivity index is 2.25. The molecule has 0 fully saturated rings. The zero-order valence-electron chi connectivity index (χ0n) is 7.72. The Morgan fingerprint density at radius 2 is 2.20 bits per heavy atom. The Morgan fingerprint density at radius 3 is 2.87 bits per heavy atom. The first-order chi connectivity index (χ1) is 7.25. The first-order valence-corrected chi connectivity index (χ1v) is 5.04. The first-order valence-electron chi connectivity index (χ1n) is 4.24. The van der Waals surface area contributed by atoms with Gasteiger partial charge in [0.15, 0.2) is 0 Å². The molecule has 0 saturated heterocycles. The van der Waals surface area contributed by atoms with E-state index in [1.807, 2.05) is 0 Å². The van der Waals surface area contributed by atoms with Crippen LogP contribution in [0.15, 0.2) is 41.3 Å². The summed E-state index contributed by atoms with van der Waals surface area (Å²) in [5, 5.41) is 0. The number of pyridine rings is 2. The number of rotatable bonds is 2. The molecule has 2 aromatic rings. The molecule has 0 aromatic carbocycles. The first kappa shape index (κ1) is 9.92. The Labute approximate surface area is 95.2 Å². The van der Waals surface area contributed by atoms with E-state index in [9.17, 15) is 0 Å². The van der Waals surface area contributed by atoms with Crippen LogP contribution >= 0.6 is 15.9 Å². The van der Waals surface area contributed by atoms with E-state index in [4.69, 9.17) is 10.5 Å². The minimum atomic E-state index is 0.381. The van der Waals surface area contributed by atoms with E-state index in [-0.39, 0.29) is 0 Å². The maximum absolute atomic E-state index is 5.73. The summed E-state index contributed by atoms with van der Waals surface area (Å²) in [5.74, 6) is 0.991. The summed E-state index contributed by atoms with van der Waals surface area (Å²) in [5.41, 5.74) is 6.21. The molecule has 76 valence electrons. The lowest BCUT2D eigenvalue weighted by Gasteiger charge is -2.06. The number of anilines is 1. The average molecular weight is 266 g/mol. The van der Waals surface area contributed by atoms with Crippen LogP contribution in [-0.2, 0) is 0 Å². The summed E-state index contributed by atoms with van der Waals surface area (Å²) in [6.07, 6.45) is 4.90. The van der Waals surface area contributed by atoms with E-state index in [0.29, 0.717) is 17.3 Å². The molecule has 0 radical (unpaired) electrons. The quantitative estimate of drug-likeness (QED) is 0.907. The van der Waals surface area contributed by atoms with Crippen LogP contribution in [0.3, 0.4) is 0 Å². The normalized spacial score (nSPS) is 9.93. The lowest BCUT2D eigenvalue weighted by atomic mass is 10.4. The highest BCUT2D eigenvalue weighted by Gasteiger charge is 2.03. The van der Waals surface area contributed by atoms with Gasteiger partial charge in [0.2, 0.25) is 5.88 Å². The maximum Gasteiger partial charge on any atom is 0.242 e. The molecule has 0 spiro atoms. The van der Waals surface area contributed by atoms with E-state index in [1.165, 1.54) is 0 Å². The van der Waals surface area contributed by atoms with Gasteiger partial charge >= 0.3 is 0 Å². The van der Waals surface area contributed by atoms with Crippen LogP contribution in [0.4, 0.5) is 5.69 Å². The molecular weight excluding hydrogens is 258 g/mol. The zero-order valence-corrected chi connectivity index (χ0v) is 9.31. The molecule has 4 nitrogen and oxygen atoms in total. The third-order valence-corrected chi connectivity index (χ3v) is 2.13. The van der Waals surface area contributed by atoms with Crippen LogP contribution < -0.4 is 10.5 Å². The number of halogens is 1. The standard InChI is InChI=1S/C10H8BrN3O/c11-7-4-9(12)10(14-5-7)15-8-2-1-3-13-6-8/h1-6H,12H2. The molecule has 0 unspecified atom stereocenters. The molecule has 0 saturated carbocycles. The molecule has 0 aliphatic rings. The van der Waals surface area contributed by atoms with Crippen molar-refractivity contribution in [3.05, 3.63) is 41.3 Å². The average Bonchev–Trinajstić information content (AvgIpc) is 2.24. The number of hydrogen-bond donors (Lipinski definition) is 1. The highest BCUT2D eigenvalue weighted by Crippen LogP contribution is 2.26. The Kier molecular flexibility index (Phi) is 2.82. The van der Waals surface area contributed by atoms with Gasteiger partial charge in [-0.05, 0) is 34.1 Å². The van der Waals surface area contributed by atoms with Crippen molar-refractivity contribution in [3.8, 4) is 11.6 Å². The highest BCUT2D eigenvalue weighted by atomic mass is 79.9. The molecule has 2 rings (SSSR count). The lowest BCUT2D eigenvalue weighted by Crippen LogP contribution is -1.94. The van der Waals surface area contributed by atoms with Crippen LogP contribution in [0.25, 0.3) is 0 Å². The van der Waals surface area contributed by atoms with Crippen molar-refractivity contribution in [2.45, 2.75) is 0 Å². The largest absolute Gasteiger partial charge is 0.435 e. The molecule has 15 heavy (non-hydrogen) atoms. The summed E-state index contributed by atoms with van der Waals surface area (Å²) in [7, 11) is 0. The summed E-state index contributed by atoms with van der Waals surface area (Å²) < 4.78 is 6.26. The predicted molar refractivity (Wildman–Crippen MR) is 60.7 cm³/mol. The van der Waals surface area contributed by atoms with Crippen molar-refractivity contribution in [2.75, 3.05) is 5.73 Å². The van der Waals surface area contributed by atoms with Crippen molar-refractivity contribution in [3.63, 3.8) is 0 Å². The van der Waals surface area contributed by atoms with Crippen LogP contribution in [0.1, 0.15) is 0 Å². The molecule has 2 heterocycles. The highest BCUT2D eigenvalue weighted by molar-refractivity contribution is 9.10. The van der Waals surface area contributed by atoms with Gasteiger partial charge in [-0.15, -0.1) is 0 Å². The Hall–Kier alpha value is -1.62. The fraction of sp³-hybridized carbons (Fsp3) is 0. The Bertz CT molecular complexity index is 461. The monoisotopic (exact) mass is 265 g/mol. The minimum absolute atomic E-state index is 0.381. The third kappa shape index (κ3) is 2.44. The van der Waals surface area contributed by atoms with Crippen LogP contribution in [0.5, 0.6) is 11.6 Å². The molecule has 2 aromatic heterocycles. The van der Waals surface area contributed by atoms with Crippen molar-refractivity contribution in [1.82, 2.24) is 9.97 Å². The van der Waals surface area contributed by atoms with Crippen LogP contribution in [0.2, 0.25) is 0 Å². The molecular formula is C10H8BrN3O. The lowest BCUT2D eigenvalue weighted by molar-refractivity contribution is 0.463. The molecule has 2 N–H and O–H groups in total. The Morgan fingerprint density at radius 1 is 1.33 bits per heavy atom. The number of nitrogen functional groups attached to an aromatic ring is 1. The van der Waals surface area contributed by atoms with Gasteiger partial charge in [0, 0.05) is 16.9 Å². The molecule has 0 amide bonds. The van der Waals surface area contributed by atoms with Gasteiger partial charge in [-0.2, -0.15) is 0 Å². The smallest absolute Gasteiger partial charge is 0.242 e. The van der Waals surface area contributed by atoms with Crippen molar-refractivity contribution in [1.29, 1.82) is 0 Å². The van der Waals surface area contributed by atoms with E-state index in [0.717, 1.165) is 4.47 Å². The van der Waals surface area contributed by atoms with E-state index >= 15 is 0 Å². The van der Waals surface area contributed by atoms with Crippen molar-refractivity contribution < 1.29 is 4.74 Å². The summed E-state index contributed by atoms with van der Waals surface area (Å²) in [4.78, 5) is 7.98. The van der Waals surface area contributed by atoms with Gasteiger partial charge in [0.1, 0.15) is 5.75 Å². The van der Waals surface area contributed by atoms with Crippen molar-refractivity contribution in [2.24, 2.45) is 0 Å². The second-order valence-corrected chi connectivity index (χ2v) is 3.75. The van der Waals surface area contributed by atoms with Gasteiger partial charge in [0.25, 0.3) is 0 Å². The molecule has 0 atom stereocenters. The molecule has 0 aliphatic carbocycles. The van der Waals surface area contributed by atoms with Crippen LogP contribution in [0, 0.1) is 0 Å². The number of aromatic nitrogens is 2. The third-order valence-electron chi connectivity index (χ3n) is 1.69. The van der Waals surface area contributed by atoms with Crippen molar-refractivity contribution >= 4 is 21.6 Å². The van der Waals surface area contributed by atoms with Gasteiger partial charge in [-0.3, -0.25) is 4.98 Å². The summed E-state index contributed by atoms with van der Waals surface area (Å²) in [6.45, 7) is 0. The number of nitrogens with two attached hydrogens (primary N) is 1. The fourth-order valence-corrected chi connectivity index (χ4v) is 1.40. The number of nitrogens with zero attached hydrogens (tertiary/aromatic N) is 2. The van der Waals surface area contributed by atoms with Gasteiger partial charge in [-0.1, -0.05) is 0 Å². The minimum Gasteiger partial charge on any atom is -0.435 e.